The van der Waals surface area contributed by atoms with Crippen LogP contribution in [0.4, 0.5) is 5.69 Å². The van der Waals surface area contributed by atoms with Gasteiger partial charge in [0.05, 0.1) is 25.0 Å². The van der Waals surface area contributed by atoms with Crippen molar-refractivity contribution in [3.05, 3.63) is 39.5 Å². The Labute approximate surface area is 139 Å². The van der Waals surface area contributed by atoms with E-state index >= 15 is 0 Å². The lowest BCUT2D eigenvalue weighted by molar-refractivity contribution is 0.183. The van der Waals surface area contributed by atoms with E-state index in [1.165, 1.54) is 12.3 Å². The quantitative estimate of drug-likeness (QED) is 0.752. The molecule has 1 N–H and O–H groups in total. The fraction of sp³-hybridized carbons (Fsp3) is 0.250. The molecule has 0 bridgehead atoms. The minimum absolute atomic E-state index is 0.154. The molecule has 0 aliphatic heterocycles. The molecule has 9 heteroatoms. The van der Waals surface area contributed by atoms with Crippen molar-refractivity contribution in [3.63, 3.8) is 0 Å². The van der Waals surface area contributed by atoms with Crippen molar-refractivity contribution in [1.82, 2.24) is 9.78 Å². The smallest absolute Gasteiger partial charge is 0.263 e. The number of ether oxygens (including phenoxy) is 1. The van der Waals surface area contributed by atoms with Gasteiger partial charge in [-0.2, -0.15) is 5.10 Å². The summed E-state index contributed by atoms with van der Waals surface area (Å²) >= 11 is 6.51. The molecule has 6 nitrogen and oxygen atoms in total. The molecule has 0 radical (unpaired) electrons. The highest BCUT2D eigenvalue weighted by Crippen LogP contribution is 2.27. The van der Waals surface area contributed by atoms with Crippen molar-refractivity contribution in [2.75, 3.05) is 18.4 Å². The van der Waals surface area contributed by atoms with Crippen LogP contribution in [-0.4, -0.2) is 31.9 Å². The van der Waals surface area contributed by atoms with E-state index in [1.807, 2.05) is 0 Å². The van der Waals surface area contributed by atoms with Crippen LogP contribution in [-0.2, 0) is 21.3 Å². The first-order valence-electron chi connectivity index (χ1n) is 5.91. The van der Waals surface area contributed by atoms with Gasteiger partial charge in [-0.15, -0.1) is 0 Å². The number of nitrogens with zero attached hydrogens (tertiary/aromatic N) is 2. The highest BCUT2D eigenvalue weighted by atomic mass is 79.9. The topological polar surface area (TPSA) is 73.2 Å². The zero-order valence-electron chi connectivity index (χ0n) is 11.1. The van der Waals surface area contributed by atoms with Crippen molar-refractivity contribution in [2.45, 2.75) is 11.4 Å². The van der Waals surface area contributed by atoms with Gasteiger partial charge in [-0.25, -0.2) is 8.42 Å². The lowest BCUT2D eigenvalue weighted by Crippen LogP contribution is -2.13. The fourth-order valence-electron chi connectivity index (χ4n) is 1.62. The van der Waals surface area contributed by atoms with Crippen LogP contribution in [0.5, 0.6) is 0 Å². The van der Waals surface area contributed by atoms with E-state index in [0.29, 0.717) is 27.8 Å². The van der Waals surface area contributed by atoms with Crippen molar-refractivity contribution in [3.8, 4) is 0 Å². The molecule has 114 valence electrons. The maximum absolute atomic E-state index is 12.4. The first kappa shape index (κ1) is 16.5. The average molecular weight is 439 g/mol. The first-order valence-corrected chi connectivity index (χ1v) is 8.98. The van der Waals surface area contributed by atoms with E-state index in [4.69, 9.17) is 4.74 Å². The second kappa shape index (κ2) is 6.91. The number of rotatable bonds is 6. The highest BCUT2D eigenvalue weighted by molar-refractivity contribution is 9.11. The number of anilines is 1. The molecule has 0 spiro atoms. The van der Waals surface area contributed by atoms with E-state index < -0.39 is 10.0 Å². The Morgan fingerprint density at radius 1 is 1.38 bits per heavy atom. The second-order valence-electron chi connectivity index (χ2n) is 4.17. The van der Waals surface area contributed by atoms with Gasteiger partial charge in [0, 0.05) is 22.3 Å². The molecule has 1 heterocycles. The number of sulfonamides is 1. The molecule has 0 aliphatic rings. The van der Waals surface area contributed by atoms with Gasteiger partial charge in [-0.1, -0.05) is 15.9 Å². The Hall–Kier alpha value is -0.900. The second-order valence-corrected chi connectivity index (χ2v) is 7.59. The fourth-order valence-corrected chi connectivity index (χ4v) is 4.15. The predicted octanol–water partition coefficient (Wildman–Crippen LogP) is 2.86. The van der Waals surface area contributed by atoms with E-state index in [1.54, 1.807) is 30.1 Å². The number of benzene rings is 1. The SMILES string of the molecule is COCCn1cc(NS(=O)(=O)c2cc(Br)ccc2Br)cn1. The molecule has 0 fully saturated rings. The standard InChI is InChI=1S/C12H13Br2N3O3S/c1-20-5-4-17-8-10(7-15-17)16-21(18,19)12-6-9(13)2-3-11(12)14/h2-3,6-8,16H,4-5H2,1H3. The lowest BCUT2D eigenvalue weighted by Gasteiger charge is -2.08. The van der Waals surface area contributed by atoms with Crippen LogP contribution < -0.4 is 4.72 Å². The summed E-state index contributed by atoms with van der Waals surface area (Å²) in [6, 6.07) is 4.95. The Morgan fingerprint density at radius 2 is 2.14 bits per heavy atom. The molecule has 0 saturated heterocycles. The van der Waals surface area contributed by atoms with Crippen LogP contribution in [0.25, 0.3) is 0 Å². The van der Waals surface area contributed by atoms with E-state index in [-0.39, 0.29) is 4.90 Å². The molecule has 0 atom stereocenters. The number of halogens is 2. The Morgan fingerprint density at radius 3 is 2.86 bits per heavy atom. The van der Waals surface area contributed by atoms with Crippen molar-refractivity contribution in [1.29, 1.82) is 0 Å². The molecule has 1 aromatic heterocycles. The highest BCUT2D eigenvalue weighted by Gasteiger charge is 2.18. The zero-order valence-corrected chi connectivity index (χ0v) is 15.1. The summed E-state index contributed by atoms with van der Waals surface area (Å²) in [7, 11) is -2.09. The van der Waals surface area contributed by atoms with Gasteiger partial charge < -0.3 is 4.74 Å². The molecule has 0 amide bonds. The van der Waals surface area contributed by atoms with Crippen molar-refractivity contribution >= 4 is 47.6 Å². The third kappa shape index (κ3) is 4.29. The van der Waals surface area contributed by atoms with Gasteiger partial charge in [0.25, 0.3) is 10.0 Å². The van der Waals surface area contributed by atoms with Crippen LogP contribution in [0, 0.1) is 0 Å². The molecule has 2 aromatic rings. The van der Waals surface area contributed by atoms with Crippen LogP contribution in [0.3, 0.4) is 0 Å². The normalized spacial score (nSPS) is 11.6. The van der Waals surface area contributed by atoms with Gasteiger partial charge >= 0.3 is 0 Å². The van der Waals surface area contributed by atoms with Gasteiger partial charge in [0.2, 0.25) is 0 Å². The minimum atomic E-state index is -3.69. The maximum Gasteiger partial charge on any atom is 0.263 e. The summed E-state index contributed by atoms with van der Waals surface area (Å²) < 4.78 is 35.0. The number of hydrogen-bond acceptors (Lipinski definition) is 4. The largest absolute Gasteiger partial charge is 0.383 e. The van der Waals surface area contributed by atoms with Gasteiger partial charge in [-0.05, 0) is 34.1 Å². The number of nitrogens with one attached hydrogen (secondary N) is 1. The molecular weight excluding hydrogens is 426 g/mol. The van der Waals surface area contributed by atoms with E-state index in [0.717, 1.165) is 0 Å². The Bertz CT molecular complexity index is 731. The number of aromatic nitrogens is 2. The average Bonchev–Trinajstić information content (AvgIpc) is 2.86. The Kier molecular flexibility index (Phi) is 5.42. The molecule has 2 rings (SSSR count). The maximum atomic E-state index is 12.4. The zero-order chi connectivity index (χ0) is 15.5. The monoisotopic (exact) mass is 437 g/mol. The molecule has 0 saturated carbocycles. The number of hydrogen-bond donors (Lipinski definition) is 1. The molecule has 0 unspecified atom stereocenters. The van der Waals surface area contributed by atoms with Crippen molar-refractivity contribution < 1.29 is 13.2 Å². The third-order valence-electron chi connectivity index (χ3n) is 2.59. The summed E-state index contributed by atoms with van der Waals surface area (Å²) in [6.45, 7) is 1.06. The molecule has 1 aromatic carbocycles. The van der Waals surface area contributed by atoms with Gasteiger partial charge in [0.15, 0.2) is 0 Å². The molecular formula is C12H13Br2N3O3S. The summed E-state index contributed by atoms with van der Waals surface area (Å²) in [5.74, 6) is 0. The summed E-state index contributed by atoms with van der Waals surface area (Å²) in [5, 5.41) is 4.06. The minimum Gasteiger partial charge on any atom is -0.383 e. The molecule has 0 aliphatic carbocycles. The first-order chi connectivity index (χ1) is 9.92. The van der Waals surface area contributed by atoms with Crippen LogP contribution >= 0.6 is 31.9 Å². The van der Waals surface area contributed by atoms with Gasteiger partial charge in [-0.3, -0.25) is 9.40 Å². The summed E-state index contributed by atoms with van der Waals surface area (Å²) in [5.41, 5.74) is 0.401. The van der Waals surface area contributed by atoms with Crippen LogP contribution in [0.2, 0.25) is 0 Å². The number of methoxy groups -OCH3 is 1. The summed E-state index contributed by atoms with van der Waals surface area (Å²) in [4.78, 5) is 0.154. The van der Waals surface area contributed by atoms with E-state index in [9.17, 15) is 8.42 Å². The van der Waals surface area contributed by atoms with E-state index in [2.05, 4.69) is 41.7 Å². The van der Waals surface area contributed by atoms with Crippen LogP contribution in [0.15, 0.2) is 44.4 Å². The van der Waals surface area contributed by atoms with Gasteiger partial charge in [0.1, 0.15) is 4.90 Å². The molecule has 21 heavy (non-hydrogen) atoms. The lowest BCUT2D eigenvalue weighted by atomic mass is 10.4. The summed E-state index contributed by atoms with van der Waals surface area (Å²) in [6.07, 6.45) is 3.07. The third-order valence-corrected chi connectivity index (χ3v) is 5.46. The van der Waals surface area contributed by atoms with Crippen LogP contribution in [0.1, 0.15) is 0 Å². The predicted molar refractivity (Wildman–Crippen MR) is 86.8 cm³/mol. The Balaban J connectivity index is 2.21. The van der Waals surface area contributed by atoms with Crippen molar-refractivity contribution in [2.24, 2.45) is 0 Å².